The number of benzene rings is 1. The molecule has 3 heterocycles. The molecule has 0 radical (unpaired) electrons. The number of hydrogen-bond donors (Lipinski definition) is 2. The Kier molecular flexibility index (Phi) is 4.44. The zero-order valence-electron chi connectivity index (χ0n) is 15.9. The summed E-state index contributed by atoms with van der Waals surface area (Å²) in [6.45, 7) is 3.72. The number of anilines is 2. The second-order valence-corrected chi connectivity index (χ2v) is 6.57. The fourth-order valence-corrected chi connectivity index (χ4v) is 3.19. The monoisotopic (exact) mass is 386 g/mol. The standard InChI is InChI=1S/C20H18N8O/c1-12-8-9-16-20(29)27(14-6-4-3-5-7-14)19(26-28(12)16)13(2)25-18-15(10-21)17(22)23-11-24-18/h3-9,11,13H,1-2H3,(H3,22,23,24,25)/t13-/m0/s1. The van der Waals surface area contributed by atoms with Gasteiger partial charge in [-0.25, -0.2) is 14.5 Å². The van der Waals surface area contributed by atoms with Gasteiger partial charge in [0.05, 0.1) is 11.7 Å². The minimum atomic E-state index is -0.462. The summed E-state index contributed by atoms with van der Waals surface area (Å²) < 4.78 is 3.18. The van der Waals surface area contributed by atoms with Crippen molar-refractivity contribution in [2.45, 2.75) is 19.9 Å². The summed E-state index contributed by atoms with van der Waals surface area (Å²) >= 11 is 0. The van der Waals surface area contributed by atoms with Crippen LogP contribution in [0.5, 0.6) is 0 Å². The van der Waals surface area contributed by atoms with Crippen molar-refractivity contribution in [2.75, 3.05) is 11.1 Å². The highest BCUT2D eigenvalue weighted by Crippen LogP contribution is 2.23. The molecule has 3 N–H and O–H groups in total. The number of nitriles is 1. The van der Waals surface area contributed by atoms with Crippen molar-refractivity contribution in [1.29, 1.82) is 5.26 Å². The molecule has 144 valence electrons. The number of aromatic nitrogens is 5. The smallest absolute Gasteiger partial charge is 0.282 e. The third kappa shape index (κ3) is 3.06. The third-order valence-corrected chi connectivity index (χ3v) is 4.64. The van der Waals surface area contributed by atoms with Crippen molar-refractivity contribution in [3.63, 3.8) is 0 Å². The van der Waals surface area contributed by atoms with Gasteiger partial charge in [-0.1, -0.05) is 18.2 Å². The third-order valence-electron chi connectivity index (χ3n) is 4.64. The van der Waals surface area contributed by atoms with Gasteiger partial charge in [0, 0.05) is 5.69 Å². The number of fused-ring (bicyclic) bond motifs is 1. The minimum Gasteiger partial charge on any atom is -0.382 e. The Balaban J connectivity index is 1.91. The van der Waals surface area contributed by atoms with Gasteiger partial charge < -0.3 is 11.1 Å². The van der Waals surface area contributed by atoms with Gasteiger partial charge in [0.25, 0.3) is 5.56 Å². The number of nitrogens with zero attached hydrogens (tertiary/aromatic N) is 6. The van der Waals surface area contributed by atoms with E-state index < -0.39 is 6.04 Å². The Hall–Kier alpha value is -4.19. The molecule has 9 heteroatoms. The van der Waals surface area contributed by atoms with E-state index in [1.807, 2.05) is 56.3 Å². The number of hydrogen-bond acceptors (Lipinski definition) is 7. The molecule has 0 amide bonds. The van der Waals surface area contributed by atoms with Gasteiger partial charge in [-0.3, -0.25) is 9.36 Å². The average molecular weight is 386 g/mol. The van der Waals surface area contributed by atoms with Gasteiger partial charge in [0.1, 0.15) is 35.1 Å². The molecule has 0 spiro atoms. The fourth-order valence-electron chi connectivity index (χ4n) is 3.19. The summed E-state index contributed by atoms with van der Waals surface area (Å²) in [7, 11) is 0. The molecule has 0 aliphatic heterocycles. The lowest BCUT2D eigenvalue weighted by atomic mass is 10.2. The first kappa shape index (κ1) is 18.2. The van der Waals surface area contributed by atoms with Gasteiger partial charge >= 0.3 is 0 Å². The van der Waals surface area contributed by atoms with E-state index in [9.17, 15) is 10.1 Å². The number of aryl methyl sites for hydroxylation is 1. The molecule has 0 aliphatic rings. The Bertz CT molecular complexity index is 1300. The van der Waals surface area contributed by atoms with Crippen LogP contribution < -0.4 is 16.6 Å². The Morgan fingerprint density at radius 3 is 2.66 bits per heavy atom. The highest BCUT2D eigenvalue weighted by Gasteiger charge is 2.21. The summed E-state index contributed by atoms with van der Waals surface area (Å²) in [6.07, 6.45) is 1.28. The number of nitrogen functional groups attached to an aromatic ring is 1. The van der Waals surface area contributed by atoms with Crippen molar-refractivity contribution >= 4 is 17.2 Å². The number of nitrogens with one attached hydrogen (secondary N) is 1. The Morgan fingerprint density at radius 1 is 1.17 bits per heavy atom. The topological polar surface area (TPSA) is 127 Å². The van der Waals surface area contributed by atoms with E-state index in [2.05, 4.69) is 15.3 Å². The van der Waals surface area contributed by atoms with Crippen molar-refractivity contribution < 1.29 is 0 Å². The largest absolute Gasteiger partial charge is 0.382 e. The van der Waals surface area contributed by atoms with E-state index in [1.54, 1.807) is 15.1 Å². The summed E-state index contributed by atoms with van der Waals surface area (Å²) in [5.41, 5.74) is 7.75. The number of para-hydroxylation sites is 1. The molecule has 0 fully saturated rings. The normalized spacial score (nSPS) is 11.9. The molecule has 0 unspecified atom stereocenters. The maximum Gasteiger partial charge on any atom is 0.282 e. The van der Waals surface area contributed by atoms with E-state index >= 15 is 0 Å². The molecular formula is C20H18N8O. The van der Waals surface area contributed by atoms with E-state index in [0.717, 1.165) is 5.69 Å². The number of nitrogens with two attached hydrogens (primary N) is 1. The molecule has 9 nitrogen and oxygen atoms in total. The predicted octanol–water partition coefficient (Wildman–Crippen LogP) is 2.21. The Labute approximate surface area is 166 Å². The van der Waals surface area contributed by atoms with Crippen molar-refractivity contribution in [3.05, 3.63) is 76.2 Å². The maximum absolute atomic E-state index is 13.3. The molecule has 1 atom stereocenters. The van der Waals surface area contributed by atoms with Crippen molar-refractivity contribution in [3.8, 4) is 11.8 Å². The van der Waals surface area contributed by atoms with Crippen LogP contribution in [0.2, 0.25) is 0 Å². The maximum atomic E-state index is 13.3. The van der Waals surface area contributed by atoms with Crippen LogP contribution in [0.3, 0.4) is 0 Å². The van der Waals surface area contributed by atoms with Gasteiger partial charge in [0.15, 0.2) is 5.82 Å². The van der Waals surface area contributed by atoms with Crippen LogP contribution in [0, 0.1) is 18.3 Å². The zero-order chi connectivity index (χ0) is 20.5. The second-order valence-electron chi connectivity index (χ2n) is 6.57. The van der Waals surface area contributed by atoms with Crippen LogP contribution in [0.1, 0.15) is 30.0 Å². The summed E-state index contributed by atoms with van der Waals surface area (Å²) in [5.74, 6) is 0.835. The summed E-state index contributed by atoms with van der Waals surface area (Å²) in [6, 6.07) is 14.4. The molecular weight excluding hydrogens is 368 g/mol. The van der Waals surface area contributed by atoms with E-state index in [4.69, 9.17) is 10.8 Å². The molecule has 0 bridgehead atoms. The van der Waals surface area contributed by atoms with E-state index in [0.29, 0.717) is 17.0 Å². The SMILES string of the molecule is Cc1ccc2c(=O)n(-c3ccccc3)c([C@H](C)Nc3ncnc(N)c3C#N)nn12. The first-order valence-electron chi connectivity index (χ1n) is 8.95. The summed E-state index contributed by atoms with van der Waals surface area (Å²) in [5, 5.41) is 17.2. The molecule has 29 heavy (non-hydrogen) atoms. The highest BCUT2D eigenvalue weighted by molar-refractivity contribution is 5.62. The molecule has 0 aliphatic carbocycles. The predicted molar refractivity (Wildman–Crippen MR) is 109 cm³/mol. The van der Waals surface area contributed by atoms with Gasteiger partial charge in [-0.05, 0) is 38.1 Å². The first-order chi connectivity index (χ1) is 14.0. The van der Waals surface area contributed by atoms with Crippen LogP contribution in [-0.4, -0.2) is 24.1 Å². The molecule has 0 saturated carbocycles. The van der Waals surface area contributed by atoms with E-state index in [-0.39, 0.29) is 22.8 Å². The van der Waals surface area contributed by atoms with Gasteiger partial charge in [-0.15, -0.1) is 0 Å². The molecule has 1 aromatic carbocycles. The van der Waals surface area contributed by atoms with Crippen LogP contribution >= 0.6 is 0 Å². The molecule has 4 aromatic rings. The van der Waals surface area contributed by atoms with Crippen LogP contribution in [0.15, 0.2) is 53.6 Å². The molecule has 4 rings (SSSR count). The average Bonchev–Trinajstić information content (AvgIpc) is 3.10. The van der Waals surface area contributed by atoms with Crippen molar-refractivity contribution in [1.82, 2.24) is 24.1 Å². The number of rotatable bonds is 4. The first-order valence-corrected chi connectivity index (χ1v) is 8.95. The second kappa shape index (κ2) is 7.09. The lowest BCUT2D eigenvalue weighted by molar-refractivity contribution is 0.667. The quantitative estimate of drug-likeness (QED) is 0.550. The van der Waals surface area contributed by atoms with Crippen LogP contribution in [0.4, 0.5) is 11.6 Å². The Morgan fingerprint density at radius 2 is 1.93 bits per heavy atom. The molecule has 3 aromatic heterocycles. The van der Waals surface area contributed by atoms with Crippen molar-refractivity contribution in [2.24, 2.45) is 0 Å². The summed E-state index contributed by atoms with van der Waals surface area (Å²) in [4.78, 5) is 21.2. The zero-order valence-corrected chi connectivity index (χ0v) is 15.9. The lowest BCUT2D eigenvalue weighted by Gasteiger charge is -2.20. The fraction of sp³-hybridized carbons (Fsp3) is 0.150. The lowest BCUT2D eigenvalue weighted by Crippen LogP contribution is -2.29. The van der Waals surface area contributed by atoms with Gasteiger partial charge in [0.2, 0.25) is 0 Å². The van der Waals surface area contributed by atoms with Crippen LogP contribution in [0.25, 0.3) is 11.2 Å². The minimum absolute atomic E-state index is 0.0855. The van der Waals surface area contributed by atoms with Gasteiger partial charge in [-0.2, -0.15) is 10.4 Å². The molecule has 0 saturated heterocycles. The van der Waals surface area contributed by atoms with E-state index in [1.165, 1.54) is 6.33 Å². The highest BCUT2D eigenvalue weighted by atomic mass is 16.1. The van der Waals surface area contributed by atoms with Crippen LogP contribution in [-0.2, 0) is 0 Å².